The van der Waals surface area contributed by atoms with Crippen LogP contribution in [0.25, 0.3) is 0 Å². The van der Waals surface area contributed by atoms with Gasteiger partial charge in [0.15, 0.2) is 5.96 Å². The first-order valence-corrected chi connectivity index (χ1v) is 10.3. The van der Waals surface area contributed by atoms with Gasteiger partial charge >= 0.3 is 0 Å². The first kappa shape index (κ1) is 25.0. The molecule has 1 atom stereocenters. The van der Waals surface area contributed by atoms with E-state index in [-0.39, 0.29) is 30.1 Å². The molecule has 2 N–H and O–H groups in total. The minimum atomic E-state index is 0. The summed E-state index contributed by atoms with van der Waals surface area (Å²) in [7, 11) is 1.82. The number of nitrogens with one attached hydrogen (secondary N) is 2. The number of rotatable bonds is 11. The number of halogens is 1. The second-order valence-corrected chi connectivity index (χ2v) is 7.67. The first-order valence-electron chi connectivity index (χ1n) is 10.3. The Labute approximate surface area is 188 Å². The van der Waals surface area contributed by atoms with E-state index >= 15 is 0 Å². The summed E-state index contributed by atoms with van der Waals surface area (Å²) >= 11 is 0. The molecule has 0 saturated heterocycles. The fourth-order valence-electron chi connectivity index (χ4n) is 3.01. The van der Waals surface area contributed by atoms with Crippen molar-refractivity contribution in [2.75, 3.05) is 26.8 Å². The average molecular weight is 503 g/mol. The summed E-state index contributed by atoms with van der Waals surface area (Å²) in [5.74, 6) is 1.80. The molecular weight excluding hydrogens is 465 g/mol. The third-order valence-electron chi connectivity index (χ3n) is 5.36. The molecule has 1 fully saturated rings. The van der Waals surface area contributed by atoms with Gasteiger partial charge in [0, 0.05) is 38.9 Å². The van der Waals surface area contributed by atoms with E-state index in [4.69, 9.17) is 9.47 Å². The maximum atomic E-state index is 6.11. The lowest BCUT2D eigenvalue weighted by Crippen LogP contribution is -2.40. The first-order chi connectivity index (χ1) is 13.0. The van der Waals surface area contributed by atoms with Crippen LogP contribution in [-0.2, 0) is 11.3 Å². The van der Waals surface area contributed by atoms with Gasteiger partial charge in [0.1, 0.15) is 5.75 Å². The fourth-order valence-corrected chi connectivity index (χ4v) is 3.01. The van der Waals surface area contributed by atoms with E-state index in [1.54, 1.807) is 0 Å². The van der Waals surface area contributed by atoms with Crippen LogP contribution in [0.5, 0.6) is 5.75 Å². The zero-order chi connectivity index (χ0) is 19.7. The minimum Gasteiger partial charge on any atom is -0.490 e. The number of guanidine groups is 1. The number of nitrogens with zero attached hydrogens (tertiary/aromatic N) is 1. The number of benzene rings is 1. The summed E-state index contributed by atoms with van der Waals surface area (Å²) < 4.78 is 11.6. The second-order valence-electron chi connectivity index (χ2n) is 7.67. The van der Waals surface area contributed by atoms with Crippen LogP contribution in [0.15, 0.2) is 23.2 Å². The molecule has 28 heavy (non-hydrogen) atoms. The molecule has 1 aliphatic rings. The third kappa shape index (κ3) is 8.15. The Kier molecular flexibility index (Phi) is 11.2. The van der Waals surface area contributed by atoms with Gasteiger partial charge in [0.25, 0.3) is 0 Å². The number of aryl methyl sites for hydroxylation is 1. The molecule has 1 unspecified atom stereocenters. The van der Waals surface area contributed by atoms with Gasteiger partial charge < -0.3 is 20.1 Å². The van der Waals surface area contributed by atoms with Gasteiger partial charge in [-0.1, -0.05) is 19.1 Å². The number of hydrogen-bond donors (Lipinski definition) is 2. The Morgan fingerprint density at radius 2 is 2.00 bits per heavy atom. The van der Waals surface area contributed by atoms with E-state index in [1.807, 2.05) is 14.0 Å². The van der Waals surface area contributed by atoms with Crippen LogP contribution in [0.2, 0.25) is 0 Å². The fraction of sp³-hybridized carbons (Fsp3) is 0.682. The van der Waals surface area contributed by atoms with E-state index in [2.05, 4.69) is 54.6 Å². The molecule has 0 radical (unpaired) electrons. The molecule has 0 amide bonds. The molecule has 0 aliphatic heterocycles. The number of aliphatic imine (C=N–C) groups is 1. The van der Waals surface area contributed by atoms with Crippen molar-refractivity contribution in [3.63, 3.8) is 0 Å². The lowest BCUT2D eigenvalue weighted by Gasteiger charge is -2.20. The highest BCUT2D eigenvalue weighted by molar-refractivity contribution is 14.0. The third-order valence-corrected chi connectivity index (χ3v) is 5.36. The topological polar surface area (TPSA) is 54.9 Å². The predicted octanol–water partition coefficient (Wildman–Crippen LogP) is 4.66. The standard InChI is InChI=1S/C22H37N3O2.HI/c1-6-18(4)27-20-14-17(3)8-9-19(20)15-24-21(23-5)25-16-22(10-11-22)12-13-26-7-2;/h8-9,14,18H,6-7,10-13,15-16H2,1-5H3,(H2,23,24,25);1H. The smallest absolute Gasteiger partial charge is 0.191 e. The summed E-state index contributed by atoms with van der Waals surface area (Å²) in [6.45, 7) is 11.7. The van der Waals surface area contributed by atoms with Gasteiger partial charge in [0.05, 0.1) is 6.10 Å². The molecule has 5 nitrogen and oxygen atoms in total. The summed E-state index contributed by atoms with van der Waals surface area (Å²) in [6.07, 6.45) is 4.87. The normalized spacial score (nSPS) is 16.1. The van der Waals surface area contributed by atoms with E-state index < -0.39 is 0 Å². The monoisotopic (exact) mass is 503 g/mol. The molecule has 0 spiro atoms. The molecular formula is C22H38IN3O2. The molecule has 1 saturated carbocycles. The van der Waals surface area contributed by atoms with Crippen LogP contribution >= 0.6 is 24.0 Å². The van der Waals surface area contributed by atoms with Gasteiger partial charge in [-0.05, 0) is 63.5 Å². The summed E-state index contributed by atoms with van der Waals surface area (Å²) in [5, 5.41) is 6.93. The Morgan fingerprint density at radius 1 is 1.25 bits per heavy atom. The highest BCUT2D eigenvalue weighted by atomic mass is 127. The van der Waals surface area contributed by atoms with E-state index in [0.717, 1.165) is 49.9 Å². The van der Waals surface area contributed by atoms with E-state index in [1.165, 1.54) is 18.4 Å². The van der Waals surface area contributed by atoms with E-state index in [9.17, 15) is 0 Å². The predicted molar refractivity (Wildman–Crippen MR) is 128 cm³/mol. The molecule has 0 aromatic heterocycles. The van der Waals surface area contributed by atoms with Gasteiger partial charge in [-0.15, -0.1) is 24.0 Å². The average Bonchev–Trinajstić information content (AvgIpc) is 3.43. The Morgan fingerprint density at radius 3 is 2.61 bits per heavy atom. The van der Waals surface area contributed by atoms with Gasteiger partial charge in [-0.25, -0.2) is 0 Å². The SMILES string of the molecule is CCOCCC1(CNC(=NC)NCc2ccc(C)cc2OC(C)CC)CC1.I. The van der Waals surface area contributed by atoms with Gasteiger partial charge in [-0.3, -0.25) is 4.99 Å². The highest BCUT2D eigenvalue weighted by Gasteiger charge is 2.41. The van der Waals surface area contributed by atoms with Crippen LogP contribution < -0.4 is 15.4 Å². The minimum absolute atomic E-state index is 0. The quantitative estimate of drug-likeness (QED) is 0.200. The lowest BCUT2D eigenvalue weighted by molar-refractivity contribution is 0.128. The molecule has 1 aromatic rings. The van der Waals surface area contributed by atoms with Crippen LogP contribution in [0.4, 0.5) is 0 Å². The Balaban J connectivity index is 0.00000392. The van der Waals surface area contributed by atoms with Gasteiger partial charge in [0.2, 0.25) is 0 Å². The molecule has 6 heteroatoms. The van der Waals surface area contributed by atoms with Crippen molar-refractivity contribution in [1.29, 1.82) is 0 Å². The maximum absolute atomic E-state index is 6.11. The Bertz CT molecular complexity index is 618. The molecule has 1 aliphatic carbocycles. The van der Waals surface area contributed by atoms with Crippen molar-refractivity contribution in [2.24, 2.45) is 10.4 Å². The number of ether oxygens (including phenoxy) is 2. The summed E-state index contributed by atoms with van der Waals surface area (Å²) in [5.41, 5.74) is 2.76. The maximum Gasteiger partial charge on any atom is 0.191 e. The summed E-state index contributed by atoms with van der Waals surface area (Å²) in [6, 6.07) is 6.38. The molecule has 160 valence electrons. The van der Waals surface area contributed by atoms with Crippen molar-refractivity contribution >= 4 is 29.9 Å². The van der Waals surface area contributed by atoms with E-state index in [0.29, 0.717) is 12.0 Å². The van der Waals surface area contributed by atoms with Crippen molar-refractivity contribution in [2.45, 2.75) is 66.0 Å². The van der Waals surface area contributed by atoms with Crippen LogP contribution in [0.1, 0.15) is 57.6 Å². The second kappa shape index (κ2) is 12.5. The van der Waals surface area contributed by atoms with Crippen LogP contribution in [0, 0.1) is 12.3 Å². The molecule has 2 rings (SSSR count). The Hall–Kier alpha value is -1.02. The molecule has 1 aromatic carbocycles. The molecule has 0 bridgehead atoms. The van der Waals surface area contributed by atoms with Gasteiger partial charge in [-0.2, -0.15) is 0 Å². The van der Waals surface area contributed by atoms with Crippen molar-refractivity contribution in [3.05, 3.63) is 29.3 Å². The van der Waals surface area contributed by atoms with Crippen molar-refractivity contribution < 1.29 is 9.47 Å². The number of hydrogen-bond acceptors (Lipinski definition) is 3. The molecule has 0 heterocycles. The van der Waals surface area contributed by atoms with Crippen LogP contribution in [0.3, 0.4) is 0 Å². The lowest BCUT2D eigenvalue weighted by atomic mass is 10.0. The van der Waals surface area contributed by atoms with Crippen LogP contribution in [-0.4, -0.2) is 38.9 Å². The van der Waals surface area contributed by atoms with Crippen molar-refractivity contribution in [3.8, 4) is 5.75 Å². The largest absolute Gasteiger partial charge is 0.490 e. The highest BCUT2D eigenvalue weighted by Crippen LogP contribution is 2.48. The zero-order valence-electron chi connectivity index (χ0n) is 18.1. The van der Waals surface area contributed by atoms with Crippen molar-refractivity contribution in [1.82, 2.24) is 10.6 Å². The zero-order valence-corrected chi connectivity index (χ0v) is 20.5. The summed E-state index contributed by atoms with van der Waals surface area (Å²) in [4.78, 5) is 4.38.